The fourth-order valence-corrected chi connectivity index (χ4v) is 4.95. The van der Waals surface area contributed by atoms with Gasteiger partial charge >= 0.3 is 5.97 Å². The molecule has 1 aliphatic heterocycles. The Balaban J connectivity index is 1.66. The summed E-state index contributed by atoms with van der Waals surface area (Å²) in [4.78, 5) is 11.9. The average molecular weight is 366 g/mol. The van der Waals surface area contributed by atoms with Crippen LogP contribution >= 0.6 is 0 Å². The summed E-state index contributed by atoms with van der Waals surface area (Å²) in [6, 6.07) is 5.00. The molecule has 0 bridgehead atoms. The Kier molecular flexibility index (Phi) is 5.46. The number of ether oxygens (including phenoxy) is 1. The zero-order chi connectivity index (χ0) is 18.0. The van der Waals surface area contributed by atoms with E-state index in [1.165, 1.54) is 32.1 Å². The van der Waals surface area contributed by atoms with Gasteiger partial charge in [-0.3, -0.25) is 0 Å². The molecule has 0 unspecified atom stereocenters. The number of aryl methyl sites for hydroxylation is 1. The molecule has 1 aromatic rings. The van der Waals surface area contributed by atoms with Crippen molar-refractivity contribution in [2.75, 3.05) is 26.7 Å². The van der Waals surface area contributed by atoms with E-state index in [0.29, 0.717) is 30.3 Å². The van der Waals surface area contributed by atoms with Crippen LogP contribution in [0, 0.1) is 12.8 Å². The van der Waals surface area contributed by atoms with Crippen LogP contribution in [0.15, 0.2) is 23.1 Å². The molecule has 1 saturated heterocycles. The van der Waals surface area contributed by atoms with Gasteiger partial charge in [0.1, 0.15) is 0 Å². The van der Waals surface area contributed by atoms with E-state index >= 15 is 0 Å². The van der Waals surface area contributed by atoms with Gasteiger partial charge in [0.25, 0.3) is 0 Å². The van der Waals surface area contributed by atoms with E-state index in [-0.39, 0.29) is 4.90 Å². The fourth-order valence-electron chi connectivity index (χ4n) is 3.28. The molecular formula is C18H26N2O4S. The molecule has 0 amide bonds. The van der Waals surface area contributed by atoms with E-state index in [1.54, 1.807) is 17.3 Å². The van der Waals surface area contributed by atoms with Crippen LogP contribution in [0.5, 0.6) is 0 Å². The molecule has 6 nitrogen and oxygen atoms in total. The van der Waals surface area contributed by atoms with Crippen molar-refractivity contribution in [3.8, 4) is 0 Å². The van der Waals surface area contributed by atoms with Crippen LogP contribution in [0.4, 0.5) is 0 Å². The van der Waals surface area contributed by atoms with Crippen molar-refractivity contribution >= 4 is 16.0 Å². The summed E-state index contributed by atoms with van der Waals surface area (Å²) in [7, 11) is -2.22. The van der Waals surface area contributed by atoms with Crippen LogP contribution in [0.3, 0.4) is 0 Å². The van der Waals surface area contributed by atoms with Crippen LogP contribution in [-0.2, 0) is 14.8 Å². The zero-order valence-electron chi connectivity index (χ0n) is 14.8. The third kappa shape index (κ3) is 4.22. The van der Waals surface area contributed by atoms with Gasteiger partial charge in [0.2, 0.25) is 10.0 Å². The Morgan fingerprint density at radius 2 is 1.92 bits per heavy atom. The smallest absolute Gasteiger partial charge is 0.337 e. The number of piperidine rings is 1. The molecule has 1 N–H and O–H groups in total. The molecule has 0 atom stereocenters. The number of esters is 1. The van der Waals surface area contributed by atoms with Gasteiger partial charge in [-0.1, -0.05) is 0 Å². The number of rotatable bonds is 6. The first kappa shape index (κ1) is 18.4. The Labute approximate surface area is 149 Å². The van der Waals surface area contributed by atoms with Crippen LogP contribution in [0.2, 0.25) is 0 Å². The molecular weight excluding hydrogens is 340 g/mol. The molecule has 1 saturated carbocycles. The molecule has 0 aromatic heterocycles. The number of hydrogen-bond acceptors (Lipinski definition) is 5. The minimum Gasteiger partial charge on any atom is -0.465 e. The minimum atomic E-state index is -3.53. The van der Waals surface area contributed by atoms with Crippen molar-refractivity contribution < 1.29 is 17.9 Å². The van der Waals surface area contributed by atoms with Crippen molar-refractivity contribution in [1.82, 2.24) is 9.62 Å². The second-order valence-electron chi connectivity index (χ2n) is 7.00. The Hall–Kier alpha value is -1.44. The molecule has 1 aromatic carbocycles. The number of carbonyl (C=O) groups is 1. The summed E-state index contributed by atoms with van der Waals surface area (Å²) in [5, 5.41) is 3.56. The quantitative estimate of drug-likeness (QED) is 0.779. The first-order valence-corrected chi connectivity index (χ1v) is 10.3. The SMILES string of the molecule is COC(=O)c1ccc(S(=O)(=O)N2CCC(NCC3CC3)CC2)c(C)c1. The molecule has 7 heteroatoms. The van der Waals surface area contributed by atoms with E-state index < -0.39 is 16.0 Å². The lowest BCUT2D eigenvalue weighted by atomic mass is 10.1. The third-order valence-electron chi connectivity index (χ3n) is 5.06. The average Bonchev–Trinajstić information content (AvgIpc) is 3.43. The van der Waals surface area contributed by atoms with Crippen LogP contribution in [0.1, 0.15) is 41.6 Å². The number of nitrogens with zero attached hydrogens (tertiary/aromatic N) is 1. The lowest BCUT2D eigenvalue weighted by molar-refractivity contribution is 0.0600. The minimum absolute atomic E-state index is 0.268. The van der Waals surface area contributed by atoms with Gasteiger partial charge in [0.05, 0.1) is 17.6 Å². The normalized spacial score (nSPS) is 19.8. The highest BCUT2D eigenvalue weighted by atomic mass is 32.2. The van der Waals surface area contributed by atoms with Gasteiger partial charge in [-0.15, -0.1) is 0 Å². The van der Waals surface area contributed by atoms with E-state index in [9.17, 15) is 13.2 Å². The standard InChI is InChI=1S/C18H26N2O4S/c1-13-11-15(18(21)24-2)5-6-17(13)25(22,23)20-9-7-16(8-10-20)19-12-14-3-4-14/h5-6,11,14,16,19H,3-4,7-10,12H2,1-2H3. The molecule has 1 aliphatic carbocycles. The van der Waals surface area contributed by atoms with Crippen LogP contribution < -0.4 is 5.32 Å². The second-order valence-corrected chi connectivity index (χ2v) is 8.91. The van der Waals surface area contributed by atoms with Crippen molar-refractivity contribution in [2.45, 2.75) is 43.5 Å². The fraction of sp³-hybridized carbons (Fsp3) is 0.611. The number of carbonyl (C=O) groups excluding carboxylic acids is 1. The highest BCUT2D eigenvalue weighted by Gasteiger charge is 2.31. The monoisotopic (exact) mass is 366 g/mol. The molecule has 2 fully saturated rings. The summed E-state index contributed by atoms with van der Waals surface area (Å²) in [6.07, 6.45) is 4.32. The van der Waals surface area contributed by atoms with Gasteiger partial charge in [-0.25, -0.2) is 13.2 Å². The number of sulfonamides is 1. The maximum Gasteiger partial charge on any atom is 0.337 e. The van der Waals surface area contributed by atoms with E-state index in [4.69, 9.17) is 0 Å². The Morgan fingerprint density at radius 1 is 1.24 bits per heavy atom. The molecule has 0 spiro atoms. The number of methoxy groups -OCH3 is 1. The highest BCUT2D eigenvalue weighted by molar-refractivity contribution is 7.89. The van der Waals surface area contributed by atoms with E-state index in [0.717, 1.165) is 25.3 Å². The summed E-state index contributed by atoms with van der Waals surface area (Å²) < 4.78 is 32.1. The van der Waals surface area contributed by atoms with Gasteiger partial charge < -0.3 is 10.1 Å². The topological polar surface area (TPSA) is 75.7 Å². The van der Waals surface area contributed by atoms with Gasteiger partial charge in [-0.05, 0) is 68.8 Å². The van der Waals surface area contributed by atoms with Crippen molar-refractivity contribution in [2.24, 2.45) is 5.92 Å². The lowest BCUT2D eigenvalue weighted by Gasteiger charge is -2.32. The van der Waals surface area contributed by atoms with Gasteiger partial charge in [-0.2, -0.15) is 4.31 Å². The second kappa shape index (κ2) is 7.43. The summed E-state index contributed by atoms with van der Waals surface area (Å²) >= 11 is 0. The van der Waals surface area contributed by atoms with Crippen LogP contribution in [0.25, 0.3) is 0 Å². The van der Waals surface area contributed by atoms with Crippen molar-refractivity contribution in [3.63, 3.8) is 0 Å². The van der Waals surface area contributed by atoms with E-state index in [1.807, 2.05) is 0 Å². The molecule has 0 radical (unpaired) electrons. The lowest BCUT2D eigenvalue weighted by Crippen LogP contribution is -2.45. The molecule has 3 rings (SSSR count). The molecule has 25 heavy (non-hydrogen) atoms. The molecule has 2 aliphatic rings. The van der Waals surface area contributed by atoms with Gasteiger partial charge in [0, 0.05) is 19.1 Å². The molecule has 138 valence electrons. The Morgan fingerprint density at radius 3 is 2.48 bits per heavy atom. The maximum absolute atomic E-state index is 12.9. The van der Waals surface area contributed by atoms with Crippen molar-refractivity contribution in [3.05, 3.63) is 29.3 Å². The first-order chi connectivity index (χ1) is 11.9. The number of nitrogens with one attached hydrogen (secondary N) is 1. The predicted molar refractivity (Wildman–Crippen MR) is 95.0 cm³/mol. The number of benzene rings is 1. The predicted octanol–water partition coefficient (Wildman–Crippen LogP) is 1.93. The van der Waals surface area contributed by atoms with E-state index in [2.05, 4.69) is 10.1 Å². The van der Waals surface area contributed by atoms with Crippen molar-refractivity contribution in [1.29, 1.82) is 0 Å². The maximum atomic E-state index is 12.9. The first-order valence-electron chi connectivity index (χ1n) is 8.84. The number of hydrogen-bond donors (Lipinski definition) is 1. The third-order valence-corrected chi connectivity index (χ3v) is 7.12. The van der Waals surface area contributed by atoms with Crippen LogP contribution in [-0.4, -0.2) is 51.5 Å². The summed E-state index contributed by atoms with van der Waals surface area (Å²) in [6.45, 7) is 3.83. The highest BCUT2D eigenvalue weighted by Crippen LogP contribution is 2.29. The molecule has 1 heterocycles. The largest absolute Gasteiger partial charge is 0.465 e. The Bertz CT molecular complexity index is 735. The summed E-state index contributed by atoms with van der Waals surface area (Å²) in [5.74, 6) is 0.368. The zero-order valence-corrected chi connectivity index (χ0v) is 15.6. The summed E-state index contributed by atoms with van der Waals surface area (Å²) in [5.41, 5.74) is 0.929. The van der Waals surface area contributed by atoms with Gasteiger partial charge in [0.15, 0.2) is 0 Å².